The fourth-order valence-corrected chi connectivity index (χ4v) is 5.44. The molecular formula is C28H34N2O5. The number of hydrogen-bond acceptors (Lipinski definition) is 4. The summed E-state index contributed by atoms with van der Waals surface area (Å²) in [7, 11) is 0. The molecule has 7 nitrogen and oxygen atoms in total. The predicted octanol–water partition coefficient (Wildman–Crippen LogP) is 4.80. The van der Waals surface area contributed by atoms with E-state index in [1.165, 1.54) is 4.90 Å². The lowest BCUT2D eigenvalue weighted by Crippen LogP contribution is -2.67. The Morgan fingerprint density at radius 3 is 2.23 bits per heavy atom. The van der Waals surface area contributed by atoms with Gasteiger partial charge in [-0.15, -0.1) is 0 Å². The Morgan fingerprint density at radius 1 is 1.09 bits per heavy atom. The minimum absolute atomic E-state index is 0.0384. The number of likely N-dealkylation sites (tertiary alicyclic amines) is 1. The molecule has 1 aliphatic heterocycles. The Morgan fingerprint density at radius 2 is 1.69 bits per heavy atom. The van der Waals surface area contributed by atoms with Crippen molar-refractivity contribution < 1.29 is 24.2 Å². The molecule has 0 aromatic heterocycles. The lowest BCUT2D eigenvalue weighted by molar-refractivity contribution is -0.172. The molecule has 4 rings (SSSR count). The van der Waals surface area contributed by atoms with Crippen LogP contribution in [0.25, 0.3) is 11.1 Å². The normalized spacial score (nSPS) is 18.7. The molecule has 0 bridgehead atoms. The molecule has 186 valence electrons. The summed E-state index contributed by atoms with van der Waals surface area (Å²) in [5, 5.41) is 12.4. The molecule has 2 amide bonds. The number of benzene rings is 2. The number of amides is 2. The maximum absolute atomic E-state index is 12.9. The molecule has 1 aliphatic carbocycles. The summed E-state index contributed by atoms with van der Waals surface area (Å²) in [6, 6.07) is 15.1. The topological polar surface area (TPSA) is 95.9 Å². The Hall–Kier alpha value is -3.35. The molecule has 2 aromatic rings. The van der Waals surface area contributed by atoms with Gasteiger partial charge in [-0.2, -0.15) is 0 Å². The first-order valence-electron chi connectivity index (χ1n) is 12.4. The summed E-state index contributed by atoms with van der Waals surface area (Å²) in [4.78, 5) is 38.7. The van der Waals surface area contributed by atoms with Crippen molar-refractivity contribution in [2.45, 2.75) is 64.5 Å². The van der Waals surface area contributed by atoms with E-state index < -0.39 is 29.6 Å². The number of nitrogens with one attached hydrogen (secondary N) is 1. The predicted molar refractivity (Wildman–Crippen MR) is 133 cm³/mol. The van der Waals surface area contributed by atoms with Gasteiger partial charge < -0.3 is 20.1 Å². The molecule has 1 unspecified atom stereocenters. The average Bonchev–Trinajstić information content (AvgIpc) is 3.13. The Bertz CT molecular complexity index is 1070. The van der Waals surface area contributed by atoms with E-state index in [-0.39, 0.29) is 24.9 Å². The van der Waals surface area contributed by atoms with E-state index in [9.17, 15) is 19.5 Å². The van der Waals surface area contributed by atoms with Gasteiger partial charge in [0.1, 0.15) is 12.6 Å². The summed E-state index contributed by atoms with van der Waals surface area (Å²) in [5.41, 5.74) is 4.14. The van der Waals surface area contributed by atoms with Crippen LogP contribution in [0, 0.1) is 5.41 Å². The van der Waals surface area contributed by atoms with Gasteiger partial charge in [-0.05, 0) is 28.7 Å². The van der Waals surface area contributed by atoms with E-state index in [4.69, 9.17) is 4.74 Å². The van der Waals surface area contributed by atoms with E-state index in [1.54, 1.807) is 0 Å². The van der Waals surface area contributed by atoms with Crippen LogP contribution >= 0.6 is 0 Å². The monoisotopic (exact) mass is 478 g/mol. The van der Waals surface area contributed by atoms with Crippen molar-refractivity contribution >= 4 is 18.0 Å². The number of carboxylic acid groups (broad SMARTS) is 1. The van der Waals surface area contributed by atoms with Gasteiger partial charge in [-0.3, -0.25) is 4.79 Å². The number of carbonyl (C=O) groups excluding carboxylic acids is 2. The number of nitrogens with zero attached hydrogens (tertiary/aromatic N) is 1. The number of fused-ring (bicyclic) bond motifs is 3. The minimum Gasteiger partial charge on any atom is -0.480 e. The van der Waals surface area contributed by atoms with Crippen molar-refractivity contribution in [3.63, 3.8) is 0 Å². The molecule has 0 saturated carbocycles. The van der Waals surface area contributed by atoms with Crippen molar-refractivity contribution in [2.24, 2.45) is 5.41 Å². The molecule has 2 aliphatic rings. The smallest absolute Gasteiger partial charge is 0.407 e. The fraction of sp³-hybridized carbons (Fsp3) is 0.464. The maximum Gasteiger partial charge on any atom is 0.407 e. The van der Waals surface area contributed by atoms with Gasteiger partial charge in [0, 0.05) is 30.3 Å². The Kier molecular flexibility index (Phi) is 7.15. The second kappa shape index (κ2) is 10.1. The third kappa shape index (κ3) is 5.04. The third-order valence-corrected chi connectivity index (χ3v) is 7.18. The van der Waals surface area contributed by atoms with Gasteiger partial charge in [-0.1, -0.05) is 82.1 Å². The number of carbonyl (C=O) groups is 3. The number of rotatable bonds is 9. The number of unbranched alkanes of at least 4 members (excludes halogenated alkanes) is 1. The molecule has 1 fully saturated rings. The van der Waals surface area contributed by atoms with Gasteiger partial charge in [-0.25, -0.2) is 9.59 Å². The SMILES string of the molecule is CCCC[C@@H](CC(=O)N1CC(C)(C)C1C(=O)O)NC(=O)OCC1c2ccccc2-c2ccccc21. The largest absolute Gasteiger partial charge is 0.480 e. The van der Waals surface area contributed by atoms with Crippen LogP contribution in [0.3, 0.4) is 0 Å². The molecule has 0 spiro atoms. The first-order chi connectivity index (χ1) is 16.7. The zero-order chi connectivity index (χ0) is 25.2. The summed E-state index contributed by atoms with van der Waals surface area (Å²) in [6.45, 7) is 6.34. The molecule has 2 aromatic carbocycles. The molecule has 1 heterocycles. The number of ether oxygens (including phenoxy) is 1. The molecular weight excluding hydrogens is 444 g/mol. The van der Waals surface area contributed by atoms with Crippen molar-refractivity contribution in [3.8, 4) is 11.1 Å². The molecule has 7 heteroatoms. The van der Waals surface area contributed by atoms with Crippen LogP contribution in [0.2, 0.25) is 0 Å². The average molecular weight is 479 g/mol. The van der Waals surface area contributed by atoms with Crippen LogP contribution in [0.5, 0.6) is 0 Å². The second-order valence-electron chi connectivity index (χ2n) is 10.3. The van der Waals surface area contributed by atoms with Gasteiger partial charge in [0.05, 0.1) is 0 Å². The van der Waals surface area contributed by atoms with Gasteiger partial charge in [0.15, 0.2) is 0 Å². The van der Waals surface area contributed by atoms with Crippen LogP contribution in [-0.4, -0.2) is 53.2 Å². The highest BCUT2D eigenvalue weighted by Gasteiger charge is 2.52. The first-order valence-corrected chi connectivity index (χ1v) is 12.4. The van der Waals surface area contributed by atoms with E-state index >= 15 is 0 Å². The minimum atomic E-state index is -0.996. The van der Waals surface area contributed by atoms with Crippen molar-refractivity contribution in [1.29, 1.82) is 0 Å². The summed E-state index contributed by atoms with van der Waals surface area (Å²) in [5.74, 6) is -1.29. The van der Waals surface area contributed by atoms with Crippen LogP contribution < -0.4 is 5.32 Å². The lowest BCUT2D eigenvalue weighted by atomic mass is 9.74. The highest BCUT2D eigenvalue weighted by molar-refractivity contribution is 5.87. The second-order valence-corrected chi connectivity index (χ2v) is 10.3. The van der Waals surface area contributed by atoms with Gasteiger partial charge >= 0.3 is 12.1 Å². The van der Waals surface area contributed by atoms with Crippen molar-refractivity contribution in [2.75, 3.05) is 13.2 Å². The van der Waals surface area contributed by atoms with Crippen molar-refractivity contribution in [3.05, 3.63) is 59.7 Å². The maximum atomic E-state index is 12.9. The molecule has 0 radical (unpaired) electrons. The molecule has 2 N–H and O–H groups in total. The van der Waals surface area contributed by atoms with Crippen LogP contribution in [0.4, 0.5) is 4.79 Å². The quantitative estimate of drug-likeness (QED) is 0.540. The number of carboxylic acids is 1. The highest BCUT2D eigenvalue weighted by Crippen LogP contribution is 2.44. The summed E-state index contributed by atoms with van der Waals surface area (Å²) >= 11 is 0. The van der Waals surface area contributed by atoms with Crippen molar-refractivity contribution in [1.82, 2.24) is 10.2 Å². The zero-order valence-corrected chi connectivity index (χ0v) is 20.6. The standard InChI is InChI=1S/C28H34N2O5/c1-4-5-10-18(15-24(31)30-17-28(2,3)25(30)26(32)33)29-27(34)35-16-23-21-13-8-6-11-19(21)20-12-7-9-14-22(20)23/h6-9,11-14,18,23,25H,4-5,10,15-17H2,1-3H3,(H,29,34)(H,32,33)/t18-,25?/m0/s1. The van der Waals surface area contributed by atoms with Crippen LogP contribution in [-0.2, 0) is 14.3 Å². The fourth-order valence-electron chi connectivity index (χ4n) is 5.44. The van der Waals surface area contributed by atoms with E-state index in [2.05, 4.69) is 29.6 Å². The number of alkyl carbamates (subject to hydrolysis) is 1. The number of aliphatic carboxylic acids is 1. The van der Waals surface area contributed by atoms with E-state index in [0.29, 0.717) is 13.0 Å². The first kappa shape index (κ1) is 24.8. The Labute approximate surface area is 206 Å². The Balaban J connectivity index is 1.38. The number of hydrogen-bond donors (Lipinski definition) is 2. The van der Waals surface area contributed by atoms with Gasteiger partial charge in [0.2, 0.25) is 5.91 Å². The third-order valence-electron chi connectivity index (χ3n) is 7.18. The summed E-state index contributed by atoms with van der Waals surface area (Å²) in [6.07, 6.45) is 1.89. The summed E-state index contributed by atoms with van der Waals surface area (Å²) < 4.78 is 5.66. The zero-order valence-electron chi connectivity index (χ0n) is 20.6. The van der Waals surface area contributed by atoms with E-state index in [0.717, 1.165) is 35.1 Å². The van der Waals surface area contributed by atoms with Crippen LogP contribution in [0.15, 0.2) is 48.5 Å². The molecule has 2 atom stereocenters. The lowest BCUT2D eigenvalue weighted by Gasteiger charge is -2.52. The highest BCUT2D eigenvalue weighted by atomic mass is 16.5. The van der Waals surface area contributed by atoms with Crippen LogP contribution in [0.1, 0.15) is 63.5 Å². The van der Waals surface area contributed by atoms with Gasteiger partial charge in [0.25, 0.3) is 0 Å². The molecule has 35 heavy (non-hydrogen) atoms. The van der Waals surface area contributed by atoms with E-state index in [1.807, 2.05) is 45.0 Å². The molecule has 1 saturated heterocycles.